The highest BCUT2D eigenvalue weighted by Gasteiger charge is 2.08. The van der Waals surface area contributed by atoms with E-state index < -0.39 is 0 Å². The van der Waals surface area contributed by atoms with Crippen molar-refractivity contribution in [3.05, 3.63) is 58.8 Å². The smallest absolute Gasteiger partial charge is 0.144 e. The van der Waals surface area contributed by atoms with Crippen LogP contribution in [0.4, 0.5) is 0 Å². The standard InChI is InChI=1S/C14H12BrN3/c15-11-6-4-10(5-7-11)14-17-9-13-3-1-2-12(8-16)18(13)14/h1-7,9H,8,16H2. The average Bonchev–Trinajstić information content (AvgIpc) is 2.83. The van der Waals surface area contributed by atoms with E-state index in [0.29, 0.717) is 6.54 Å². The van der Waals surface area contributed by atoms with E-state index in [4.69, 9.17) is 5.73 Å². The number of benzene rings is 1. The monoisotopic (exact) mass is 301 g/mol. The van der Waals surface area contributed by atoms with Crippen LogP contribution in [0.15, 0.2) is 53.1 Å². The Bertz CT molecular complexity index is 686. The zero-order valence-electron chi connectivity index (χ0n) is 9.68. The van der Waals surface area contributed by atoms with E-state index in [1.54, 1.807) is 0 Å². The Kier molecular flexibility index (Phi) is 2.89. The van der Waals surface area contributed by atoms with Crippen LogP contribution in [0.1, 0.15) is 5.69 Å². The summed E-state index contributed by atoms with van der Waals surface area (Å²) in [5, 5.41) is 0. The maximum Gasteiger partial charge on any atom is 0.144 e. The summed E-state index contributed by atoms with van der Waals surface area (Å²) in [6.45, 7) is 0.497. The van der Waals surface area contributed by atoms with Crippen LogP contribution in [-0.2, 0) is 6.54 Å². The number of halogens is 1. The molecule has 4 heteroatoms. The van der Waals surface area contributed by atoms with Gasteiger partial charge in [-0.15, -0.1) is 0 Å². The van der Waals surface area contributed by atoms with Crippen molar-refractivity contribution >= 4 is 21.4 Å². The maximum atomic E-state index is 5.79. The van der Waals surface area contributed by atoms with Crippen molar-refractivity contribution in [1.29, 1.82) is 0 Å². The lowest BCUT2D eigenvalue weighted by Gasteiger charge is -2.07. The molecule has 2 N–H and O–H groups in total. The highest BCUT2D eigenvalue weighted by atomic mass is 79.9. The molecule has 0 fully saturated rings. The van der Waals surface area contributed by atoms with Gasteiger partial charge in [0.05, 0.1) is 11.7 Å². The number of aromatic nitrogens is 2. The largest absolute Gasteiger partial charge is 0.325 e. The molecule has 3 aromatic rings. The first-order chi connectivity index (χ1) is 8.79. The van der Waals surface area contributed by atoms with Crippen LogP contribution < -0.4 is 5.73 Å². The molecule has 18 heavy (non-hydrogen) atoms. The SMILES string of the molecule is NCc1cccc2cnc(-c3ccc(Br)cc3)n12. The fourth-order valence-corrected chi connectivity index (χ4v) is 2.34. The van der Waals surface area contributed by atoms with Gasteiger partial charge in [-0.2, -0.15) is 0 Å². The fraction of sp³-hybridized carbons (Fsp3) is 0.0714. The molecule has 0 aliphatic rings. The number of hydrogen-bond donors (Lipinski definition) is 1. The van der Waals surface area contributed by atoms with Crippen LogP contribution in [0.2, 0.25) is 0 Å². The lowest BCUT2D eigenvalue weighted by molar-refractivity contribution is 0.946. The van der Waals surface area contributed by atoms with Gasteiger partial charge >= 0.3 is 0 Å². The van der Waals surface area contributed by atoms with Gasteiger partial charge in [-0.1, -0.05) is 34.1 Å². The molecule has 3 nitrogen and oxygen atoms in total. The van der Waals surface area contributed by atoms with Gasteiger partial charge in [0.25, 0.3) is 0 Å². The third-order valence-corrected chi connectivity index (χ3v) is 3.47. The highest BCUT2D eigenvalue weighted by molar-refractivity contribution is 9.10. The van der Waals surface area contributed by atoms with Gasteiger partial charge in [0, 0.05) is 22.3 Å². The maximum absolute atomic E-state index is 5.79. The number of hydrogen-bond acceptors (Lipinski definition) is 2. The van der Waals surface area contributed by atoms with E-state index in [2.05, 4.69) is 25.3 Å². The lowest BCUT2D eigenvalue weighted by Crippen LogP contribution is -2.04. The zero-order chi connectivity index (χ0) is 12.5. The van der Waals surface area contributed by atoms with Crippen LogP contribution in [0.3, 0.4) is 0 Å². The molecular weight excluding hydrogens is 290 g/mol. The molecule has 0 bridgehead atoms. The highest BCUT2D eigenvalue weighted by Crippen LogP contribution is 2.23. The van der Waals surface area contributed by atoms with Gasteiger partial charge in [-0.25, -0.2) is 4.98 Å². The number of imidazole rings is 1. The second-order valence-electron chi connectivity index (χ2n) is 4.07. The third kappa shape index (κ3) is 1.83. The predicted octanol–water partition coefficient (Wildman–Crippen LogP) is 3.22. The summed E-state index contributed by atoms with van der Waals surface area (Å²) in [5.41, 5.74) is 9.00. The normalized spacial score (nSPS) is 11.0. The molecule has 0 amide bonds. The first kappa shape index (κ1) is 11.4. The van der Waals surface area contributed by atoms with Gasteiger partial charge in [0.2, 0.25) is 0 Å². The molecule has 0 aliphatic carbocycles. The molecule has 0 atom stereocenters. The minimum Gasteiger partial charge on any atom is -0.325 e. The molecule has 2 aromatic heterocycles. The van der Waals surface area contributed by atoms with Gasteiger partial charge in [-0.05, 0) is 24.3 Å². The minimum atomic E-state index is 0.497. The number of nitrogens with zero attached hydrogens (tertiary/aromatic N) is 2. The molecule has 2 heterocycles. The van der Waals surface area contributed by atoms with Crippen LogP contribution in [-0.4, -0.2) is 9.38 Å². The number of pyridine rings is 1. The summed E-state index contributed by atoms with van der Waals surface area (Å²) in [5.74, 6) is 0.929. The molecule has 90 valence electrons. The topological polar surface area (TPSA) is 43.3 Å². The van der Waals surface area contributed by atoms with Crippen LogP contribution in [0.25, 0.3) is 16.9 Å². The van der Waals surface area contributed by atoms with Crippen molar-refractivity contribution in [1.82, 2.24) is 9.38 Å². The van der Waals surface area contributed by atoms with Gasteiger partial charge in [0.15, 0.2) is 0 Å². The summed E-state index contributed by atoms with van der Waals surface area (Å²) in [4.78, 5) is 4.50. The third-order valence-electron chi connectivity index (χ3n) is 2.94. The predicted molar refractivity (Wildman–Crippen MR) is 76.2 cm³/mol. The summed E-state index contributed by atoms with van der Waals surface area (Å²) in [6.07, 6.45) is 1.87. The summed E-state index contributed by atoms with van der Waals surface area (Å²) in [7, 11) is 0. The first-order valence-corrected chi connectivity index (χ1v) is 6.50. The molecule has 0 aliphatic heterocycles. The Morgan fingerprint density at radius 2 is 1.89 bits per heavy atom. The summed E-state index contributed by atoms with van der Waals surface area (Å²) >= 11 is 3.44. The Morgan fingerprint density at radius 1 is 1.11 bits per heavy atom. The quantitative estimate of drug-likeness (QED) is 0.790. The molecular formula is C14H12BrN3. The van der Waals surface area contributed by atoms with E-state index in [9.17, 15) is 0 Å². The summed E-state index contributed by atoms with van der Waals surface area (Å²) in [6, 6.07) is 14.2. The number of fused-ring (bicyclic) bond motifs is 1. The number of nitrogens with two attached hydrogens (primary N) is 1. The van der Waals surface area contributed by atoms with Crippen molar-refractivity contribution in [2.24, 2.45) is 5.73 Å². The molecule has 0 radical (unpaired) electrons. The van der Waals surface area contributed by atoms with Crippen molar-refractivity contribution in [3.63, 3.8) is 0 Å². The lowest BCUT2D eigenvalue weighted by atomic mass is 10.2. The van der Waals surface area contributed by atoms with E-state index in [1.807, 2.05) is 48.7 Å². The van der Waals surface area contributed by atoms with Crippen LogP contribution >= 0.6 is 15.9 Å². The zero-order valence-corrected chi connectivity index (χ0v) is 11.3. The van der Waals surface area contributed by atoms with E-state index in [0.717, 1.165) is 27.1 Å². The van der Waals surface area contributed by atoms with Gasteiger partial charge < -0.3 is 5.73 Å². The molecule has 0 saturated carbocycles. The fourth-order valence-electron chi connectivity index (χ4n) is 2.08. The van der Waals surface area contributed by atoms with Crippen LogP contribution in [0, 0.1) is 0 Å². The van der Waals surface area contributed by atoms with Crippen molar-refractivity contribution in [3.8, 4) is 11.4 Å². The minimum absolute atomic E-state index is 0.497. The Morgan fingerprint density at radius 3 is 2.61 bits per heavy atom. The first-order valence-electron chi connectivity index (χ1n) is 5.71. The second kappa shape index (κ2) is 4.55. The molecule has 0 saturated heterocycles. The Hall–Kier alpha value is -1.65. The molecule has 3 rings (SSSR count). The van der Waals surface area contributed by atoms with E-state index >= 15 is 0 Å². The Labute approximate surface area is 113 Å². The molecule has 0 spiro atoms. The van der Waals surface area contributed by atoms with E-state index in [1.165, 1.54) is 0 Å². The van der Waals surface area contributed by atoms with Crippen LogP contribution in [0.5, 0.6) is 0 Å². The summed E-state index contributed by atoms with van der Waals surface area (Å²) < 4.78 is 3.16. The molecule has 0 unspecified atom stereocenters. The van der Waals surface area contributed by atoms with Gasteiger partial charge in [-0.3, -0.25) is 4.40 Å². The van der Waals surface area contributed by atoms with E-state index in [-0.39, 0.29) is 0 Å². The second-order valence-corrected chi connectivity index (χ2v) is 4.99. The molecule has 1 aromatic carbocycles. The van der Waals surface area contributed by atoms with Crippen molar-refractivity contribution < 1.29 is 0 Å². The van der Waals surface area contributed by atoms with Crippen molar-refractivity contribution in [2.45, 2.75) is 6.54 Å². The van der Waals surface area contributed by atoms with Gasteiger partial charge in [0.1, 0.15) is 5.82 Å². The number of rotatable bonds is 2. The van der Waals surface area contributed by atoms with Crippen molar-refractivity contribution in [2.75, 3.05) is 0 Å². The Balaban J connectivity index is 2.26. The average molecular weight is 302 g/mol.